The Bertz CT molecular complexity index is 823. The Labute approximate surface area is 142 Å². The van der Waals surface area contributed by atoms with Gasteiger partial charge in [0.2, 0.25) is 0 Å². The summed E-state index contributed by atoms with van der Waals surface area (Å²) in [5, 5.41) is 16.1. The Morgan fingerprint density at radius 3 is 2.48 bits per heavy atom. The van der Waals surface area contributed by atoms with E-state index in [1.54, 1.807) is 30.3 Å². The van der Waals surface area contributed by atoms with Gasteiger partial charge in [-0.15, -0.1) is 0 Å². The molecular weight excluding hydrogens is 333 g/mol. The van der Waals surface area contributed by atoms with E-state index in [1.165, 1.54) is 6.92 Å². The number of aryl methyl sites for hydroxylation is 1. The van der Waals surface area contributed by atoms with Crippen molar-refractivity contribution in [1.29, 1.82) is 0 Å². The second-order valence-electron chi connectivity index (χ2n) is 6.09. The molecule has 25 heavy (non-hydrogen) atoms. The van der Waals surface area contributed by atoms with Gasteiger partial charge in [-0.25, -0.2) is 0 Å². The van der Waals surface area contributed by atoms with Crippen molar-refractivity contribution in [2.24, 2.45) is 0 Å². The normalized spacial score (nSPS) is 17.0. The van der Waals surface area contributed by atoms with Crippen LogP contribution in [0.25, 0.3) is 0 Å². The summed E-state index contributed by atoms with van der Waals surface area (Å²) in [5.74, 6) is -1.48. The number of rotatable bonds is 3. The number of nitrogens with zero attached hydrogens (tertiary/aromatic N) is 1. The SMILES string of the molecule is Cc1[nH]nc(C(F)(F)F)c1C(C1=C(O)CCCC1=O)c1ccccc1. The number of allylic oxidation sites excluding steroid dienone is 2. The molecule has 7 heteroatoms. The minimum Gasteiger partial charge on any atom is -0.512 e. The summed E-state index contributed by atoms with van der Waals surface area (Å²) < 4.78 is 40.4. The standard InChI is InChI=1S/C18H17F3N2O2/c1-10-14(17(23-22-10)18(19,20)21)15(11-6-3-2-4-7-11)16-12(24)8-5-9-13(16)25/h2-4,6-7,15,24H,5,8-9H2,1H3,(H,22,23). The van der Waals surface area contributed by atoms with E-state index in [-0.39, 0.29) is 41.2 Å². The lowest BCUT2D eigenvalue weighted by atomic mass is 9.78. The first-order valence-electron chi connectivity index (χ1n) is 7.93. The molecule has 3 rings (SSSR count). The molecule has 0 saturated heterocycles. The summed E-state index contributed by atoms with van der Waals surface area (Å²) in [7, 11) is 0. The number of H-pyrrole nitrogens is 1. The van der Waals surface area contributed by atoms with Gasteiger partial charge in [0.15, 0.2) is 11.5 Å². The lowest BCUT2D eigenvalue weighted by molar-refractivity contribution is -0.142. The highest BCUT2D eigenvalue weighted by Crippen LogP contribution is 2.43. The zero-order valence-corrected chi connectivity index (χ0v) is 13.5. The third-order valence-electron chi connectivity index (χ3n) is 4.40. The molecule has 4 nitrogen and oxygen atoms in total. The number of hydrogen-bond acceptors (Lipinski definition) is 3. The molecule has 132 valence electrons. The molecule has 0 amide bonds. The molecule has 0 spiro atoms. The Morgan fingerprint density at radius 1 is 1.20 bits per heavy atom. The van der Waals surface area contributed by atoms with Gasteiger partial charge in [-0.2, -0.15) is 18.3 Å². The molecule has 0 radical (unpaired) electrons. The Kier molecular flexibility index (Phi) is 4.41. The largest absolute Gasteiger partial charge is 0.512 e. The van der Waals surface area contributed by atoms with Crippen molar-refractivity contribution in [2.75, 3.05) is 0 Å². The number of carbonyl (C=O) groups excluding carboxylic acids is 1. The van der Waals surface area contributed by atoms with E-state index in [0.29, 0.717) is 12.0 Å². The van der Waals surface area contributed by atoms with E-state index in [0.717, 1.165) is 0 Å². The topological polar surface area (TPSA) is 66.0 Å². The van der Waals surface area contributed by atoms with E-state index in [2.05, 4.69) is 10.2 Å². The van der Waals surface area contributed by atoms with Gasteiger partial charge in [-0.1, -0.05) is 30.3 Å². The fourth-order valence-corrected chi connectivity index (χ4v) is 3.30. The Hall–Kier alpha value is -2.57. The summed E-state index contributed by atoms with van der Waals surface area (Å²) >= 11 is 0. The van der Waals surface area contributed by atoms with Crippen molar-refractivity contribution in [3.8, 4) is 0 Å². The van der Waals surface area contributed by atoms with Crippen LogP contribution in [-0.2, 0) is 11.0 Å². The zero-order valence-electron chi connectivity index (χ0n) is 13.5. The lowest BCUT2D eigenvalue weighted by Gasteiger charge is -2.25. The van der Waals surface area contributed by atoms with Crippen molar-refractivity contribution in [3.05, 3.63) is 64.2 Å². The smallest absolute Gasteiger partial charge is 0.435 e. The summed E-state index contributed by atoms with van der Waals surface area (Å²) in [5.41, 5.74) is -0.408. The number of nitrogens with one attached hydrogen (secondary N) is 1. The third-order valence-corrected chi connectivity index (χ3v) is 4.40. The van der Waals surface area contributed by atoms with Gasteiger partial charge in [0.05, 0.1) is 5.76 Å². The average molecular weight is 350 g/mol. The van der Waals surface area contributed by atoms with Crippen LogP contribution in [0.1, 0.15) is 47.7 Å². The molecule has 1 aromatic heterocycles. The molecule has 1 aliphatic carbocycles. The molecule has 1 unspecified atom stereocenters. The maximum Gasteiger partial charge on any atom is 0.435 e. The number of aromatic amines is 1. The molecular formula is C18H17F3N2O2. The molecule has 1 aliphatic rings. The molecule has 0 fully saturated rings. The van der Waals surface area contributed by atoms with E-state index >= 15 is 0 Å². The first-order chi connectivity index (χ1) is 11.8. The van der Waals surface area contributed by atoms with Gasteiger partial charge in [-0.05, 0) is 18.9 Å². The van der Waals surface area contributed by atoms with Crippen molar-refractivity contribution < 1.29 is 23.1 Å². The highest BCUT2D eigenvalue weighted by Gasteiger charge is 2.42. The number of hydrogen-bond donors (Lipinski definition) is 2. The summed E-state index contributed by atoms with van der Waals surface area (Å²) in [6.45, 7) is 1.48. The predicted molar refractivity (Wildman–Crippen MR) is 85.1 cm³/mol. The molecule has 2 N–H and O–H groups in total. The molecule has 0 aliphatic heterocycles. The van der Waals surface area contributed by atoms with Crippen LogP contribution in [0.4, 0.5) is 13.2 Å². The second-order valence-corrected chi connectivity index (χ2v) is 6.09. The number of alkyl halides is 3. The Balaban J connectivity index is 2.28. The van der Waals surface area contributed by atoms with Crippen molar-refractivity contribution in [1.82, 2.24) is 10.2 Å². The minimum atomic E-state index is -4.67. The fraction of sp³-hybridized carbons (Fsp3) is 0.333. The average Bonchev–Trinajstić information content (AvgIpc) is 2.93. The van der Waals surface area contributed by atoms with Crippen LogP contribution in [-0.4, -0.2) is 21.1 Å². The van der Waals surface area contributed by atoms with Crippen LogP contribution in [0.15, 0.2) is 41.7 Å². The Morgan fingerprint density at radius 2 is 1.88 bits per heavy atom. The van der Waals surface area contributed by atoms with Crippen LogP contribution in [0.3, 0.4) is 0 Å². The van der Waals surface area contributed by atoms with Gasteiger partial charge in [0.25, 0.3) is 0 Å². The molecule has 2 aromatic rings. The summed E-state index contributed by atoms with van der Waals surface area (Å²) in [4.78, 5) is 12.5. The number of benzene rings is 1. The monoisotopic (exact) mass is 350 g/mol. The van der Waals surface area contributed by atoms with E-state index in [1.807, 2.05) is 0 Å². The molecule has 1 heterocycles. The second kappa shape index (κ2) is 6.38. The highest BCUT2D eigenvalue weighted by atomic mass is 19.4. The first kappa shape index (κ1) is 17.3. The van der Waals surface area contributed by atoms with Gasteiger partial charge < -0.3 is 5.11 Å². The summed E-state index contributed by atoms with van der Waals surface area (Å²) in [6, 6.07) is 8.43. The highest BCUT2D eigenvalue weighted by molar-refractivity contribution is 5.98. The number of aromatic nitrogens is 2. The maximum absolute atomic E-state index is 13.5. The first-order valence-corrected chi connectivity index (χ1v) is 7.93. The predicted octanol–water partition coefficient (Wildman–Crippen LogP) is 4.43. The van der Waals surface area contributed by atoms with Gasteiger partial charge >= 0.3 is 6.18 Å². The molecule has 1 aromatic carbocycles. The molecule has 0 saturated carbocycles. The van der Waals surface area contributed by atoms with Crippen LogP contribution >= 0.6 is 0 Å². The number of aliphatic hydroxyl groups excluding tert-OH is 1. The van der Waals surface area contributed by atoms with Crippen molar-refractivity contribution in [3.63, 3.8) is 0 Å². The molecule has 0 bridgehead atoms. The van der Waals surface area contributed by atoms with E-state index in [4.69, 9.17) is 0 Å². The van der Waals surface area contributed by atoms with Crippen LogP contribution in [0, 0.1) is 6.92 Å². The van der Waals surface area contributed by atoms with E-state index < -0.39 is 17.8 Å². The molecule has 1 atom stereocenters. The number of ketones is 1. The third kappa shape index (κ3) is 3.18. The van der Waals surface area contributed by atoms with Crippen LogP contribution in [0.2, 0.25) is 0 Å². The fourth-order valence-electron chi connectivity index (χ4n) is 3.30. The van der Waals surface area contributed by atoms with Crippen LogP contribution < -0.4 is 0 Å². The van der Waals surface area contributed by atoms with E-state index in [9.17, 15) is 23.1 Å². The van der Waals surface area contributed by atoms with Gasteiger partial charge in [0.1, 0.15) is 0 Å². The maximum atomic E-state index is 13.5. The van der Waals surface area contributed by atoms with Crippen LogP contribution in [0.5, 0.6) is 0 Å². The quantitative estimate of drug-likeness (QED) is 0.860. The number of halogens is 3. The number of aliphatic hydroxyl groups is 1. The van der Waals surface area contributed by atoms with Crippen molar-refractivity contribution >= 4 is 5.78 Å². The van der Waals surface area contributed by atoms with Crippen molar-refractivity contribution in [2.45, 2.75) is 38.3 Å². The number of carbonyl (C=O) groups is 1. The minimum absolute atomic E-state index is 0.0347. The lowest BCUT2D eigenvalue weighted by Crippen LogP contribution is -2.22. The summed E-state index contributed by atoms with van der Waals surface area (Å²) in [6.07, 6.45) is -3.68. The number of Topliss-reactive ketones (excluding diaryl/α,β-unsaturated/α-hetero) is 1. The van der Waals surface area contributed by atoms with Gasteiger partial charge in [0, 0.05) is 35.6 Å². The zero-order chi connectivity index (χ0) is 18.2. The van der Waals surface area contributed by atoms with Gasteiger partial charge in [-0.3, -0.25) is 9.89 Å².